The highest BCUT2D eigenvalue weighted by molar-refractivity contribution is 5.74. The highest BCUT2D eigenvalue weighted by atomic mass is 16.5. The van der Waals surface area contributed by atoms with Crippen molar-refractivity contribution in [1.29, 1.82) is 0 Å². The zero-order valence-corrected chi connectivity index (χ0v) is 13.9. The quantitative estimate of drug-likeness (QED) is 0.758. The van der Waals surface area contributed by atoms with Gasteiger partial charge in [-0.15, -0.1) is 0 Å². The Morgan fingerprint density at radius 1 is 1.57 bits per heavy atom. The Morgan fingerprint density at radius 3 is 3.09 bits per heavy atom. The van der Waals surface area contributed by atoms with Gasteiger partial charge < -0.3 is 29.1 Å². The van der Waals surface area contributed by atoms with Crippen LogP contribution in [-0.2, 0) is 22.6 Å². The average Bonchev–Trinajstić information content (AvgIpc) is 2.98. The van der Waals surface area contributed by atoms with Crippen molar-refractivity contribution in [3.8, 4) is 0 Å². The molecule has 1 saturated heterocycles. The number of methoxy groups -OCH3 is 1. The van der Waals surface area contributed by atoms with E-state index in [2.05, 4.69) is 20.4 Å². The molecular weight excluding hydrogens is 302 g/mol. The number of ether oxygens (including phenoxy) is 2. The predicted molar refractivity (Wildman–Crippen MR) is 81.7 cm³/mol. The van der Waals surface area contributed by atoms with E-state index in [9.17, 15) is 4.79 Å². The van der Waals surface area contributed by atoms with Gasteiger partial charge in [-0.2, -0.15) is 4.98 Å². The molecule has 9 nitrogen and oxygen atoms in total. The number of nitrogens with one attached hydrogen (secondary N) is 1. The molecule has 0 saturated carbocycles. The first kappa shape index (κ1) is 17.6. The first-order chi connectivity index (χ1) is 11.1. The second kappa shape index (κ2) is 8.80. The molecule has 0 bridgehead atoms. The van der Waals surface area contributed by atoms with Crippen molar-refractivity contribution in [2.24, 2.45) is 0 Å². The molecule has 1 fully saturated rings. The van der Waals surface area contributed by atoms with Crippen LogP contribution in [0.5, 0.6) is 0 Å². The molecule has 2 rings (SSSR count). The van der Waals surface area contributed by atoms with Gasteiger partial charge in [0.15, 0.2) is 5.82 Å². The van der Waals surface area contributed by atoms with Gasteiger partial charge in [-0.25, -0.2) is 4.79 Å². The average molecular weight is 327 g/mol. The van der Waals surface area contributed by atoms with Crippen molar-refractivity contribution < 1.29 is 18.8 Å². The first-order valence-corrected chi connectivity index (χ1v) is 7.75. The molecule has 1 unspecified atom stereocenters. The third-order valence-electron chi connectivity index (χ3n) is 3.60. The Bertz CT molecular complexity index is 495. The summed E-state index contributed by atoms with van der Waals surface area (Å²) in [5, 5.41) is 6.68. The molecule has 2 amide bonds. The summed E-state index contributed by atoms with van der Waals surface area (Å²) in [5.74, 6) is 0.861. The molecule has 1 aliphatic heterocycles. The Morgan fingerprint density at radius 2 is 2.39 bits per heavy atom. The maximum absolute atomic E-state index is 12.3. The van der Waals surface area contributed by atoms with E-state index in [-0.39, 0.29) is 25.3 Å². The molecule has 1 N–H and O–H groups in total. The number of hydrogen-bond acceptors (Lipinski definition) is 7. The molecule has 1 atom stereocenters. The summed E-state index contributed by atoms with van der Waals surface area (Å²) < 4.78 is 15.7. The standard InChI is InChI=1S/C14H25N5O4/c1-4-19(9-13-16-12(10-21-3)17-23-13)14(20)15-7-11-8-18(2)5-6-22-11/h11H,4-10H2,1-3H3,(H,15,20). The Balaban J connectivity index is 1.80. The number of morpholine rings is 1. The van der Waals surface area contributed by atoms with E-state index in [0.717, 1.165) is 13.1 Å². The number of carbonyl (C=O) groups is 1. The summed E-state index contributed by atoms with van der Waals surface area (Å²) in [6, 6.07) is -0.171. The third-order valence-corrected chi connectivity index (χ3v) is 3.60. The van der Waals surface area contributed by atoms with Crippen LogP contribution >= 0.6 is 0 Å². The van der Waals surface area contributed by atoms with Gasteiger partial charge in [0, 0.05) is 33.3 Å². The lowest BCUT2D eigenvalue weighted by Crippen LogP contribution is -2.48. The lowest BCUT2D eigenvalue weighted by atomic mass is 10.3. The van der Waals surface area contributed by atoms with Crippen LogP contribution in [0.25, 0.3) is 0 Å². The second-order valence-electron chi connectivity index (χ2n) is 5.49. The topological polar surface area (TPSA) is 93.0 Å². The molecule has 1 aromatic heterocycles. The zero-order valence-electron chi connectivity index (χ0n) is 13.9. The summed E-state index contributed by atoms with van der Waals surface area (Å²) in [6.45, 7) is 5.91. The lowest BCUT2D eigenvalue weighted by molar-refractivity contribution is -0.0172. The van der Waals surface area contributed by atoms with Crippen molar-refractivity contribution in [3.05, 3.63) is 11.7 Å². The number of hydrogen-bond donors (Lipinski definition) is 1. The fourth-order valence-electron chi connectivity index (χ4n) is 2.34. The molecule has 0 radical (unpaired) electrons. The second-order valence-corrected chi connectivity index (χ2v) is 5.49. The Kier molecular flexibility index (Phi) is 6.75. The van der Waals surface area contributed by atoms with Crippen LogP contribution in [0.2, 0.25) is 0 Å². The highest BCUT2D eigenvalue weighted by Gasteiger charge is 2.21. The number of nitrogens with zero attached hydrogens (tertiary/aromatic N) is 4. The van der Waals surface area contributed by atoms with Gasteiger partial charge in [0.2, 0.25) is 5.89 Å². The van der Waals surface area contributed by atoms with Gasteiger partial charge in [-0.05, 0) is 14.0 Å². The maximum atomic E-state index is 12.3. The van der Waals surface area contributed by atoms with Crippen LogP contribution in [-0.4, -0.2) is 79.0 Å². The molecule has 9 heteroatoms. The fraction of sp³-hybridized carbons (Fsp3) is 0.786. The monoisotopic (exact) mass is 327 g/mol. The minimum absolute atomic E-state index is 0.0214. The van der Waals surface area contributed by atoms with Crippen molar-refractivity contribution >= 4 is 6.03 Å². The summed E-state index contributed by atoms with van der Waals surface area (Å²) in [6.07, 6.45) is 0.0214. The normalized spacial score (nSPS) is 18.8. The summed E-state index contributed by atoms with van der Waals surface area (Å²) in [4.78, 5) is 20.2. The summed E-state index contributed by atoms with van der Waals surface area (Å²) in [5.41, 5.74) is 0. The van der Waals surface area contributed by atoms with Crippen LogP contribution in [0.15, 0.2) is 4.52 Å². The molecule has 0 spiro atoms. The third kappa shape index (κ3) is 5.45. The van der Waals surface area contributed by atoms with Crippen LogP contribution in [0.1, 0.15) is 18.6 Å². The Hall–Kier alpha value is -1.71. The summed E-state index contributed by atoms with van der Waals surface area (Å²) in [7, 11) is 3.61. The molecular formula is C14H25N5O4. The largest absolute Gasteiger partial charge is 0.377 e. The van der Waals surface area contributed by atoms with Crippen LogP contribution in [0.4, 0.5) is 4.79 Å². The van der Waals surface area contributed by atoms with E-state index in [1.807, 2.05) is 14.0 Å². The molecule has 2 heterocycles. The highest BCUT2D eigenvalue weighted by Crippen LogP contribution is 2.05. The van der Waals surface area contributed by atoms with Crippen molar-refractivity contribution in [2.45, 2.75) is 26.2 Å². The van der Waals surface area contributed by atoms with E-state index in [1.54, 1.807) is 12.0 Å². The van der Waals surface area contributed by atoms with E-state index < -0.39 is 0 Å². The number of urea groups is 1. The van der Waals surface area contributed by atoms with E-state index in [4.69, 9.17) is 14.0 Å². The summed E-state index contributed by atoms with van der Waals surface area (Å²) >= 11 is 0. The van der Waals surface area contributed by atoms with E-state index >= 15 is 0 Å². The molecule has 23 heavy (non-hydrogen) atoms. The number of amides is 2. The van der Waals surface area contributed by atoms with Crippen LogP contribution in [0.3, 0.4) is 0 Å². The molecule has 1 aliphatic rings. The number of aromatic nitrogens is 2. The van der Waals surface area contributed by atoms with Gasteiger partial charge >= 0.3 is 6.03 Å². The minimum Gasteiger partial charge on any atom is -0.377 e. The van der Waals surface area contributed by atoms with Gasteiger partial charge in [-0.3, -0.25) is 0 Å². The smallest absolute Gasteiger partial charge is 0.317 e. The van der Waals surface area contributed by atoms with Crippen LogP contribution in [0, 0.1) is 0 Å². The zero-order chi connectivity index (χ0) is 16.7. The van der Waals surface area contributed by atoms with Gasteiger partial charge in [0.05, 0.1) is 12.7 Å². The molecule has 0 aliphatic carbocycles. The fourth-order valence-corrected chi connectivity index (χ4v) is 2.34. The maximum Gasteiger partial charge on any atom is 0.317 e. The number of rotatable bonds is 7. The van der Waals surface area contributed by atoms with Crippen molar-refractivity contribution in [1.82, 2.24) is 25.3 Å². The van der Waals surface area contributed by atoms with Gasteiger partial charge in [0.25, 0.3) is 0 Å². The Labute approximate surface area is 135 Å². The SMILES string of the molecule is CCN(Cc1nc(COC)no1)C(=O)NCC1CN(C)CCO1. The molecule has 130 valence electrons. The van der Waals surface area contributed by atoms with E-state index in [1.165, 1.54) is 0 Å². The molecule has 0 aromatic carbocycles. The minimum atomic E-state index is -0.171. The number of likely N-dealkylation sites (N-methyl/N-ethyl adjacent to an activating group) is 1. The molecule has 1 aromatic rings. The first-order valence-electron chi connectivity index (χ1n) is 7.75. The lowest BCUT2D eigenvalue weighted by Gasteiger charge is -2.30. The van der Waals surface area contributed by atoms with E-state index in [0.29, 0.717) is 31.4 Å². The van der Waals surface area contributed by atoms with Crippen molar-refractivity contribution in [3.63, 3.8) is 0 Å². The van der Waals surface area contributed by atoms with Crippen LogP contribution < -0.4 is 5.32 Å². The predicted octanol–water partition coefficient (Wildman–Crippen LogP) is 0.0781. The van der Waals surface area contributed by atoms with Crippen molar-refractivity contribution in [2.75, 3.05) is 46.9 Å². The van der Waals surface area contributed by atoms with Gasteiger partial charge in [-0.1, -0.05) is 5.16 Å². The van der Waals surface area contributed by atoms with Gasteiger partial charge in [0.1, 0.15) is 13.2 Å². The number of carbonyl (C=O) groups excluding carboxylic acids is 1.